The van der Waals surface area contributed by atoms with E-state index in [1.54, 1.807) is 6.21 Å². The highest BCUT2D eigenvalue weighted by atomic mass is 16.6. The molecule has 1 aliphatic carbocycles. The van der Waals surface area contributed by atoms with Crippen LogP contribution in [0.15, 0.2) is 29.6 Å². The minimum Gasteiger partial charge on any atom is -0.399 e. The highest BCUT2D eigenvalue weighted by Gasteiger charge is 2.34. The van der Waals surface area contributed by atoms with Gasteiger partial charge in [0.15, 0.2) is 0 Å². The number of amides is 1. The number of hydrogen-bond donors (Lipinski definition) is 2. The molecule has 0 saturated carbocycles. The van der Waals surface area contributed by atoms with Crippen LogP contribution in [0.3, 0.4) is 0 Å². The van der Waals surface area contributed by atoms with Crippen molar-refractivity contribution in [2.75, 3.05) is 7.11 Å². The maximum Gasteiger partial charge on any atom is 0.252 e. The number of aromatic amines is 1. The van der Waals surface area contributed by atoms with Gasteiger partial charge in [0.2, 0.25) is 0 Å². The van der Waals surface area contributed by atoms with E-state index < -0.39 is 0 Å². The maximum absolute atomic E-state index is 12.9. The van der Waals surface area contributed by atoms with Gasteiger partial charge in [0, 0.05) is 47.2 Å². The first-order chi connectivity index (χ1) is 14.2. The molecular weight excluding hydrogens is 366 g/mol. The van der Waals surface area contributed by atoms with Gasteiger partial charge in [0.25, 0.3) is 5.91 Å². The second-order valence-corrected chi connectivity index (χ2v) is 7.65. The Morgan fingerprint density at radius 2 is 2.14 bits per heavy atom. The quantitative estimate of drug-likeness (QED) is 0.411. The zero-order valence-corrected chi connectivity index (χ0v) is 16.2. The zero-order chi connectivity index (χ0) is 19.7. The standard InChI is InChI=1S/C22H19N5O2/c1-27-10-15-17(26-27)6-4-12-18(15)20-14(9-23-22(20)28)19-13-7-11(8-24-29-2)3-5-16(13)25-21(12)19/h3,5,7-8,10,25H,4,6,9H2,1-2H3,(H,23,28)/b24-8+. The minimum atomic E-state index is 0.00121. The maximum atomic E-state index is 12.9. The fourth-order valence-corrected chi connectivity index (χ4v) is 4.90. The van der Waals surface area contributed by atoms with E-state index in [2.05, 4.69) is 32.7 Å². The van der Waals surface area contributed by atoms with Gasteiger partial charge in [-0.05, 0) is 41.7 Å². The third kappa shape index (κ3) is 2.15. The van der Waals surface area contributed by atoms with Gasteiger partial charge in [0.1, 0.15) is 7.11 Å². The number of aromatic nitrogens is 3. The van der Waals surface area contributed by atoms with Crippen molar-refractivity contribution in [3.63, 3.8) is 0 Å². The molecule has 7 nitrogen and oxygen atoms in total. The summed E-state index contributed by atoms with van der Waals surface area (Å²) in [5.41, 5.74) is 9.40. The second-order valence-electron chi connectivity index (χ2n) is 7.65. The first-order valence-electron chi connectivity index (χ1n) is 9.66. The van der Waals surface area contributed by atoms with Crippen molar-refractivity contribution in [3.8, 4) is 11.1 Å². The Bertz CT molecular complexity index is 1380. The van der Waals surface area contributed by atoms with Crippen LogP contribution in [0.5, 0.6) is 0 Å². The summed E-state index contributed by atoms with van der Waals surface area (Å²) in [7, 11) is 3.47. The number of fused-ring (bicyclic) bond motifs is 10. The molecule has 0 unspecified atom stereocenters. The average Bonchev–Trinajstić information content (AvgIpc) is 3.39. The molecule has 0 spiro atoms. The monoisotopic (exact) mass is 385 g/mol. The lowest BCUT2D eigenvalue weighted by molar-refractivity contribution is 0.0966. The van der Waals surface area contributed by atoms with Crippen molar-refractivity contribution in [2.24, 2.45) is 12.2 Å². The van der Waals surface area contributed by atoms with Gasteiger partial charge >= 0.3 is 0 Å². The molecule has 6 rings (SSSR count). The number of nitrogens with zero attached hydrogens (tertiary/aromatic N) is 3. The highest BCUT2D eigenvalue weighted by Crippen LogP contribution is 2.45. The van der Waals surface area contributed by atoms with E-state index in [0.29, 0.717) is 6.54 Å². The van der Waals surface area contributed by atoms with Gasteiger partial charge in [0.05, 0.1) is 23.0 Å². The number of aryl methyl sites for hydroxylation is 3. The third-order valence-corrected chi connectivity index (χ3v) is 6.03. The summed E-state index contributed by atoms with van der Waals surface area (Å²) >= 11 is 0. The van der Waals surface area contributed by atoms with E-state index in [9.17, 15) is 4.79 Å². The van der Waals surface area contributed by atoms with E-state index in [1.807, 2.05) is 24.0 Å². The van der Waals surface area contributed by atoms with E-state index in [4.69, 9.17) is 4.84 Å². The number of benzene rings is 2. The number of carbonyl (C=O) groups is 1. The SMILES string of the molecule is CO/N=C/c1ccc2[nH]c3c4c(c5c(c3c2c1)CNC5=O)-c1cn(C)nc1CC4. The minimum absolute atomic E-state index is 0.00121. The topological polar surface area (TPSA) is 84.3 Å². The summed E-state index contributed by atoms with van der Waals surface area (Å²) < 4.78 is 1.84. The molecule has 0 fully saturated rings. The lowest BCUT2D eigenvalue weighted by Crippen LogP contribution is -2.15. The van der Waals surface area contributed by atoms with E-state index in [1.165, 1.54) is 12.7 Å². The Morgan fingerprint density at radius 3 is 3.00 bits per heavy atom. The lowest BCUT2D eigenvalue weighted by Gasteiger charge is -2.19. The predicted octanol–water partition coefficient (Wildman–Crippen LogP) is 3.04. The van der Waals surface area contributed by atoms with Crippen molar-refractivity contribution in [1.29, 1.82) is 0 Å². The summed E-state index contributed by atoms with van der Waals surface area (Å²) in [6.45, 7) is 0.539. The van der Waals surface area contributed by atoms with E-state index >= 15 is 0 Å². The fourth-order valence-electron chi connectivity index (χ4n) is 4.90. The molecule has 3 heterocycles. The summed E-state index contributed by atoms with van der Waals surface area (Å²) in [5.74, 6) is 0.00121. The molecule has 1 amide bonds. The van der Waals surface area contributed by atoms with Crippen LogP contribution < -0.4 is 5.32 Å². The molecule has 144 valence electrons. The van der Waals surface area contributed by atoms with Gasteiger partial charge in [-0.3, -0.25) is 9.48 Å². The molecule has 7 heteroatoms. The summed E-state index contributed by atoms with van der Waals surface area (Å²) in [5, 5.41) is 13.8. The molecule has 1 aliphatic heterocycles. The van der Waals surface area contributed by atoms with Crippen LogP contribution in [0.4, 0.5) is 0 Å². The Kier molecular flexibility index (Phi) is 3.21. The van der Waals surface area contributed by atoms with Crippen molar-refractivity contribution in [1.82, 2.24) is 20.1 Å². The Labute approximate surface area is 166 Å². The zero-order valence-electron chi connectivity index (χ0n) is 16.2. The Hall–Kier alpha value is -3.61. The van der Waals surface area contributed by atoms with Gasteiger partial charge in [-0.1, -0.05) is 11.2 Å². The number of carbonyl (C=O) groups excluding carboxylic acids is 1. The van der Waals surface area contributed by atoms with Crippen molar-refractivity contribution >= 4 is 33.9 Å². The first kappa shape index (κ1) is 16.4. The van der Waals surface area contributed by atoms with E-state index in [0.717, 1.165) is 68.2 Å². The molecule has 0 saturated heterocycles. The van der Waals surface area contributed by atoms with Gasteiger partial charge < -0.3 is 15.1 Å². The molecular formula is C22H19N5O2. The third-order valence-electron chi connectivity index (χ3n) is 6.03. The van der Waals surface area contributed by atoms with Crippen LogP contribution in [-0.4, -0.2) is 34.0 Å². The summed E-state index contributed by atoms with van der Waals surface area (Å²) in [6.07, 6.45) is 5.47. The van der Waals surface area contributed by atoms with Gasteiger partial charge in [-0.15, -0.1) is 0 Å². The first-order valence-corrected chi connectivity index (χ1v) is 9.66. The number of nitrogens with one attached hydrogen (secondary N) is 2. The molecule has 0 bridgehead atoms. The largest absolute Gasteiger partial charge is 0.399 e. The molecule has 2 N–H and O–H groups in total. The molecule has 2 aliphatic rings. The molecule has 0 atom stereocenters. The van der Waals surface area contributed by atoms with Crippen LogP contribution in [0.1, 0.15) is 32.7 Å². The van der Waals surface area contributed by atoms with Crippen LogP contribution >= 0.6 is 0 Å². The van der Waals surface area contributed by atoms with E-state index in [-0.39, 0.29) is 5.91 Å². The fraction of sp³-hybridized carbons (Fsp3) is 0.227. The normalized spacial score (nSPS) is 15.0. The number of hydrogen-bond acceptors (Lipinski definition) is 4. The summed E-state index contributed by atoms with van der Waals surface area (Å²) in [6, 6.07) is 6.17. The highest BCUT2D eigenvalue weighted by molar-refractivity contribution is 6.19. The number of rotatable bonds is 2. The van der Waals surface area contributed by atoms with Crippen LogP contribution in [-0.2, 0) is 31.3 Å². The van der Waals surface area contributed by atoms with Gasteiger partial charge in [-0.25, -0.2) is 0 Å². The van der Waals surface area contributed by atoms with Crippen LogP contribution in [0.25, 0.3) is 32.9 Å². The van der Waals surface area contributed by atoms with Gasteiger partial charge in [-0.2, -0.15) is 5.10 Å². The van der Waals surface area contributed by atoms with Crippen LogP contribution in [0.2, 0.25) is 0 Å². The second kappa shape index (κ2) is 5.70. The smallest absolute Gasteiger partial charge is 0.252 e. The lowest BCUT2D eigenvalue weighted by atomic mass is 9.83. The Balaban J connectivity index is 1.75. The average molecular weight is 385 g/mol. The number of H-pyrrole nitrogens is 1. The van der Waals surface area contributed by atoms with Crippen LogP contribution in [0, 0.1) is 0 Å². The molecule has 2 aromatic heterocycles. The van der Waals surface area contributed by atoms with Crippen molar-refractivity contribution in [2.45, 2.75) is 19.4 Å². The molecule has 0 radical (unpaired) electrons. The molecule has 4 aromatic rings. The van der Waals surface area contributed by atoms with Crippen molar-refractivity contribution in [3.05, 3.63) is 52.3 Å². The molecule has 2 aromatic carbocycles. The number of oxime groups is 1. The predicted molar refractivity (Wildman–Crippen MR) is 111 cm³/mol. The molecule has 29 heavy (non-hydrogen) atoms. The Morgan fingerprint density at radius 1 is 1.24 bits per heavy atom. The summed E-state index contributed by atoms with van der Waals surface area (Å²) in [4.78, 5) is 21.3. The van der Waals surface area contributed by atoms with Crippen molar-refractivity contribution < 1.29 is 9.63 Å².